The van der Waals surface area contributed by atoms with E-state index < -0.39 is 0 Å². The van der Waals surface area contributed by atoms with Crippen LogP contribution >= 0.6 is 0 Å². The molecule has 19 heavy (non-hydrogen) atoms. The second kappa shape index (κ2) is 6.58. The van der Waals surface area contributed by atoms with Gasteiger partial charge in [-0.2, -0.15) is 0 Å². The molecule has 1 aromatic heterocycles. The van der Waals surface area contributed by atoms with Crippen LogP contribution in [0.15, 0.2) is 40.8 Å². The highest BCUT2D eigenvalue weighted by Gasteiger charge is 2.10. The molecule has 0 bridgehead atoms. The van der Waals surface area contributed by atoms with Crippen LogP contribution in [0.4, 0.5) is 0 Å². The van der Waals surface area contributed by atoms with E-state index in [-0.39, 0.29) is 6.04 Å². The van der Waals surface area contributed by atoms with Gasteiger partial charge in [-0.25, -0.2) is 0 Å². The van der Waals surface area contributed by atoms with E-state index in [0.717, 1.165) is 30.0 Å². The molecule has 0 fully saturated rings. The summed E-state index contributed by atoms with van der Waals surface area (Å²) >= 11 is 0. The maximum Gasteiger partial charge on any atom is 0.134 e. The molecule has 102 valence electrons. The van der Waals surface area contributed by atoms with Crippen LogP contribution in [0.2, 0.25) is 0 Å². The molecule has 0 amide bonds. The molecule has 0 spiro atoms. The molecule has 0 aliphatic heterocycles. The van der Waals surface area contributed by atoms with Gasteiger partial charge in [-0.1, -0.05) is 44.5 Å². The molecular formula is C17H23NO. The minimum Gasteiger partial charge on any atom is -0.459 e. The highest BCUT2D eigenvalue weighted by molar-refractivity contribution is 5.58. The van der Waals surface area contributed by atoms with Gasteiger partial charge in [-0.05, 0) is 37.6 Å². The number of aryl methyl sites for hydroxylation is 1. The minimum absolute atomic E-state index is 0.262. The van der Waals surface area contributed by atoms with Gasteiger partial charge in [0, 0.05) is 5.56 Å². The summed E-state index contributed by atoms with van der Waals surface area (Å²) in [4.78, 5) is 0. The van der Waals surface area contributed by atoms with E-state index in [9.17, 15) is 0 Å². The number of hydrogen-bond donors (Lipinski definition) is 1. The SMILES string of the molecule is CCCc1ccc(-c2ccc(C(C)NCC)o2)cc1. The molecule has 1 aromatic carbocycles. The van der Waals surface area contributed by atoms with Crippen LogP contribution in [-0.4, -0.2) is 6.54 Å². The van der Waals surface area contributed by atoms with E-state index in [4.69, 9.17) is 4.42 Å². The first-order valence-electron chi connectivity index (χ1n) is 7.17. The normalized spacial score (nSPS) is 12.6. The Labute approximate surface area is 115 Å². The van der Waals surface area contributed by atoms with Crippen LogP contribution < -0.4 is 5.32 Å². The third-order valence-electron chi connectivity index (χ3n) is 3.34. The van der Waals surface area contributed by atoms with Gasteiger partial charge in [0.05, 0.1) is 6.04 Å². The quantitative estimate of drug-likeness (QED) is 0.820. The van der Waals surface area contributed by atoms with Crippen LogP contribution in [0.1, 0.15) is 44.6 Å². The molecule has 0 aliphatic carbocycles. The first kappa shape index (κ1) is 13.9. The van der Waals surface area contributed by atoms with Crippen molar-refractivity contribution in [1.82, 2.24) is 5.32 Å². The number of benzene rings is 1. The topological polar surface area (TPSA) is 25.2 Å². The zero-order valence-electron chi connectivity index (χ0n) is 12.1. The lowest BCUT2D eigenvalue weighted by Crippen LogP contribution is -2.16. The van der Waals surface area contributed by atoms with Gasteiger partial charge < -0.3 is 9.73 Å². The van der Waals surface area contributed by atoms with Crippen LogP contribution in [0.3, 0.4) is 0 Å². The average molecular weight is 257 g/mol. The van der Waals surface area contributed by atoms with Crippen LogP contribution in [0, 0.1) is 0 Å². The third-order valence-corrected chi connectivity index (χ3v) is 3.34. The van der Waals surface area contributed by atoms with Gasteiger partial charge in [-0.15, -0.1) is 0 Å². The Morgan fingerprint density at radius 2 is 1.79 bits per heavy atom. The van der Waals surface area contributed by atoms with E-state index in [1.807, 2.05) is 0 Å². The van der Waals surface area contributed by atoms with Crippen molar-refractivity contribution >= 4 is 0 Å². The molecule has 0 saturated heterocycles. The summed E-state index contributed by atoms with van der Waals surface area (Å²) in [6, 6.07) is 13.0. The predicted molar refractivity (Wildman–Crippen MR) is 80.2 cm³/mol. The zero-order valence-corrected chi connectivity index (χ0v) is 12.1. The fourth-order valence-electron chi connectivity index (χ4n) is 2.27. The Bertz CT molecular complexity index is 498. The third kappa shape index (κ3) is 3.48. The van der Waals surface area contributed by atoms with Crippen molar-refractivity contribution in [1.29, 1.82) is 0 Å². The summed E-state index contributed by atoms with van der Waals surface area (Å²) < 4.78 is 5.92. The van der Waals surface area contributed by atoms with Crippen LogP contribution in [-0.2, 0) is 6.42 Å². The fourth-order valence-corrected chi connectivity index (χ4v) is 2.27. The number of nitrogens with one attached hydrogen (secondary N) is 1. The lowest BCUT2D eigenvalue weighted by atomic mass is 10.1. The molecular weight excluding hydrogens is 234 g/mol. The lowest BCUT2D eigenvalue weighted by Gasteiger charge is -2.08. The summed E-state index contributed by atoms with van der Waals surface area (Å²) in [5, 5.41) is 3.36. The average Bonchev–Trinajstić information content (AvgIpc) is 2.90. The first-order valence-corrected chi connectivity index (χ1v) is 7.17. The Balaban J connectivity index is 2.13. The van der Waals surface area contributed by atoms with Crippen LogP contribution in [0.25, 0.3) is 11.3 Å². The van der Waals surface area contributed by atoms with Crippen molar-refractivity contribution in [3.05, 3.63) is 47.7 Å². The van der Waals surface area contributed by atoms with E-state index in [0.29, 0.717) is 0 Å². The lowest BCUT2D eigenvalue weighted by molar-refractivity contribution is 0.445. The van der Waals surface area contributed by atoms with Gasteiger partial charge in [0.25, 0.3) is 0 Å². The van der Waals surface area contributed by atoms with E-state index in [1.165, 1.54) is 12.0 Å². The summed E-state index contributed by atoms with van der Waals surface area (Å²) in [6.45, 7) is 7.38. The second-order valence-electron chi connectivity index (χ2n) is 4.93. The molecule has 2 rings (SSSR count). The van der Waals surface area contributed by atoms with Gasteiger partial charge in [0.15, 0.2) is 0 Å². The second-order valence-corrected chi connectivity index (χ2v) is 4.93. The molecule has 0 radical (unpaired) electrons. The summed E-state index contributed by atoms with van der Waals surface area (Å²) in [7, 11) is 0. The maximum absolute atomic E-state index is 5.92. The standard InChI is InChI=1S/C17H23NO/c1-4-6-14-7-9-15(10-8-14)17-12-11-16(19-17)13(3)18-5-2/h7-13,18H,4-6H2,1-3H3. The molecule has 1 heterocycles. The molecule has 0 saturated carbocycles. The van der Waals surface area contributed by atoms with Crippen molar-refractivity contribution < 1.29 is 4.42 Å². The Morgan fingerprint density at radius 3 is 2.42 bits per heavy atom. The summed E-state index contributed by atoms with van der Waals surface area (Å²) in [5.74, 6) is 1.94. The summed E-state index contributed by atoms with van der Waals surface area (Å²) in [5.41, 5.74) is 2.54. The summed E-state index contributed by atoms with van der Waals surface area (Å²) in [6.07, 6.45) is 2.32. The van der Waals surface area contributed by atoms with Crippen molar-refractivity contribution in [2.75, 3.05) is 6.54 Å². The highest BCUT2D eigenvalue weighted by Crippen LogP contribution is 2.25. The zero-order chi connectivity index (χ0) is 13.7. The van der Waals surface area contributed by atoms with Gasteiger partial charge in [0.1, 0.15) is 11.5 Å². The Hall–Kier alpha value is -1.54. The highest BCUT2D eigenvalue weighted by atomic mass is 16.3. The van der Waals surface area contributed by atoms with Crippen molar-refractivity contribution in [3.8, 4) is 11.3 Å². The van der Waals surface area contributed by atoms with E-state index >= 15 is 0 Å². The number of hydrogen-bond acceptors (Lipinski definition) is 2. The Kier molecular flexibility index (Phi) is 4.80. The first-order chi connectivity index (χ1) is 9.24. The molecule has 2 nitrogen and oxygen atoms in total. The largest absolute Gasteiger partial charge is 0.459 e. The molecule has 0 aliphatic rings. The Morgan fingerprint density at radius 1 is 1.05 bits per heavy atom. The van der Waals surface area contributed by atoms with Gasteiger partial charge in [0.2, 0.25) is 0 Å². The van der Waals surface area contributed by atoms with Crippen molar-refractivity contribution in [2.45, 2.75) is 39.7 Å². The maximum atomic E-state index is 5.92. The van der Waals surface area contributed by atoms with Gasteiger partial charge in [-0.3, -0.25) is 0 Å². The fraction of sp³-hybridized carbons (Fsp3) is 0.412. The number of furan rings is 1. The molecule has 2 aromatic rings. The van der Waals surface area contributed by atoms with Gasteiger partial charge >= 0.3 is 0 Å². The monoisotopic (exact) mass is 257 g/mol. The molecule has 1 atom stereocenters. The molecule has 1 unspecified atom stereocenters. The smallest absolute Gasteiger partial charge is 0.134 e. The van der Waals surface area contributed by atoms with E-state index in [2.05, 4.69) is 62.5 Å². The minimum atomic E-state index is 0.262. The van der Waals surface area contributed by atoms with Crippen LogP contribution in [0.5, 0.6) is 0 Å². The molecule has 1 N–H and O–H groups in total. The predicted octanol–water partition coefficient (Wildman–Crippen LogP) is 4.57. The molecule has 2 heteroatoms. The van der Waals surface area contributed by atoms with Crippen molar-refractivity contribution in [2.24, 2.45) is 0 Å². The number of rotatable bonds is 6. The van der Waals surface area contributed by atoms with E-state index in [1.54, 1.807) is 0 Å². The van der Waals surface area contributed by atoms with Crippen molar-refractivity contribution in [3.63, 3.8) is 0 Å².